The number of piperidine rings is 1. The van der Waals surface area contributed by atoms with E-state index in [1.807, 2.05) is 10.6 Å². The number of rotatable bonds is 4. The number of fused-ring (bicyclic) bond motifs is 1. The lowest BCUT2D eigenvalue weighted by Crippen LogP contribution is -2.33. The highest BCUT2D eigenvalue weighted by molar-refractivity contribution is 5.46. The Balaban J connectivity index is 1.32. The zero-order chi connectivity index (χ0) is 17.3. The number of hydrogen-bond donors (Lipinski definition) is 0. The van der Waals surface area contributed by atoms with Gasteiger partial charge in [0, 0.05) is 19.0 Å². The summed E-state index contributed by atoms with van der Waals surface area (Å²) >= 11 is 0. The normalized spacial score (nSPS) is 19.6. The van der Waals surface area contributed by atoms with Gasteiger partial charge in [0.05, 0.1) is 6.54 Å². The third kappa shape index (κ3) is 2.92. The number of hydrogen-bond acceptors (Lipinski definition) is 8. The van der Waals surface area contributed by atoms with Crippen molar-refractivity contribution in [3.05, 3.63) is 30.2 Å². The van der Waals surface area contributed by atoms with Crippen molar-refractivity contribution < 1.29 is 4.52 Å². The van der Waals surface area contributed by atoms with E-state index in [2.05, 4.69) is 36.2 Å². The Kier molecular flexibility index (Phi) is 4.00. The Labute approximate surface area is 151 Å². The van der Waals surface area contributed by atoms with Gasteiger partial charge in [0.1, 0.15) is 5.82 Å². The molecule has 0 bridgehead atoms. The molecule has 2 aliphatic rings. The largest absolute Gasteiger partial charge is 0.355 e. The fourth-order valence-corrected chi connectivity index (χ4v) is 3.98. The number of anilines is 1. The van der Waals surface area contributed by atoms with E-state index in [0.717, 1.165) is 68.7 Å². The molecule has 9 heteroatoms. The molecular weight excluding hydrogens is 332 g/mol. The van der Waals surface area contributed by atoms with Crippen LogP contribution in [0.5, 0.6) is 0 Å². The monoisotopic (exact) mass is 354 g/mol. The van der Waals surface area contributed by atoms with Gasteiger partial charge in [0.25, 0.3) is 0 Å². The molecule has 2 saturated heterocycles. The smallest absolute Gasteiger partial charge is 0.213 e. The molecule has 3 aromatic heterocycles. The molecule has 5 heterocycles. The lowest BCUT2D eigenvalue weighted by atomic mass is 9.96. The van der Waals surface area contributed by atoms with Crippen LogP contribution in [-0.4, -0.2) is 61.0 Å². The van der Waals surface area contributed by atoms with Crippen LogP contribution in [0.1, 0.15) is 43.3 Å². The van der Waals surface area contributed by atoms with Crippen LogP contribution in [0.2, 0.25) is 0 Å². The highest BCUT2D eigenvalue weighted by Gasteiger charge is 2.26. The predicted octanol–water partition coefficient (Wildman–Crippen LogP) is 1.49. The summed E-state index contributed by atoms with van der Waals surface area (Å²) in [7, 11) is 0. The van der Waals surface area contributed by atoms with Crippen molar-refractivity contribution in [3.8, 4) is 0 Å². The van der Waals surface area contributed by atoms with Gasteiger partial charge in [-0.1, -0.05) is 5.16 Å². The Morgan fingerprint density at radius 1 is 1.04 bits per heavy atom. The van der Waals surface area contributed by atoms with E-state index in [4.69, 9.17) is 9.62 Å². The quantitative estimate of drug-likeness (QED) is 0.696. The summed E-state index contributed by atoms with van der Waals surface area (Å²) < 4.78 is 6.77. The van der Waals surface area contributed by atoms with Crippen LogP contribution in [0.3, 0.4) is 0 Å². The summed E-state index contributed by atoms with van der Waals surface area (Å²) in [5, 5.41) is 17.5. The first-order valence-electron chi connectivity index (χ1n) is 9.32. The molecule has 0 unspecified atom stereocenters. The molecule has 136 valence electrons. The van der Waals surface area contributed by atoms with Crippen molar-refractivity contribution in [2.45, 2.75) is 38.1 Å². The molecule has 3 aromatic rings. The Morgan fingerprint density at radius 3 is 2.65 bits per heavy atom. The second-order valence-electron chi connectivity index (χ2n) is 7.11. The molecule has 26 heavy (non-hydrogen) atoms. The Bertz CT molecular complexity index is 862. The number of likely N-dealkylation sites (tertiary alicyclic amines) is 1. The molecule has 2 fully saturated rings. The highest BCUT2D eigenvalue weighted by atomic mass is 16.5. The van der Waals surface area contributed by atoms with E-state index < -0.39 is 0 Å². The lowest BCUT2D eigenvalue weighted by Gasteiger charge is -2.30. The molecule has 0 N–H and O–H groups in total. The molecule has 0 radical (unpaired) electrons. The van der Waals surface area contributed by atoms with Gasteiger partial charge >= 0.3 is 0 Å². The van der Waals surface area contributed by atoms with Crippen LogP contribution in [0.25, 0.3) is 5.65 Å². The fourth-order valence-electron chi connectivity index (χ4n) is 3.98. The predicted molar refractivity (Wildman–Crippen MR) is 93.8 cm³/mol. The second-order valence-corrected chi connectivity index (χ2v) is 7.11. The van der Waals surface area contributed by atoms with Gasteiger partial charge < -0.3 is 9.42 Å². The topological polar surface area (TPSA) is 88.5 Å². The van der Waals surface area contributed by atoms with Crippen LogP contribution in [0, 0.1) is 0 Å². The van der Waals surface area contributed by atoms with Gasteiger partial charge in [0.15, 0.2) is 17.3 Å². The van der Waals surface area contributed by atoms with Crippen molar-refractivity contribution in [2.75, 3.05) is 31.1 Å². The van der Waals surface area contributed by atoms with Gasteiger partial charge in [-0.3, -0.25) is 4.90 Å². The standard InChI is InChI=1S/C17H22N8O/c1-2-8-24(7-1)16-4-3-15-19-20-17(25(15)21-16)13-5-9-23(10-6-13)11-14-18-12-26-22-14/h3-4,12-13H,1-2,5-11H2. The summed E-state index contributed by atoms with van der Waals surface area (Å²) in [5.41, 5.74) is 0.831. The molecule has 0 saturated carbocycles. The third-order valence-corrected chi connectivity index (χ3v) is 5.43. The average Bonchev–Trinajstić information content (AvgIpc) is 3.43. The number of aromatic nitrogens is 6. The second kappa shape index (κ2) is 6.64. The summed E-state index contributed by atoms with van der Waals surface area (Å²) in [6.45, 7) is 4.88. The van der Waals surface area contributed by atoms with Gasteiger partial charge in [0.2, 0.25) is 6.39 Å². The first-order chi connectivity index (χ1) is 12.9. The van der Waals surface area contributed by atoms with E-state index in [9.17, 15) is 0 Å². The van der Waals surface area contributed by atoms with Crippen molar-refractivity contribution in [1.82, 2.24) is 34.9 Å². The van der Waals surface area contributed by atoms with Gasteiger partial charge in [-0.2, -0.15) is 9.50 Å². The minimum absolute atomic E-state index is 0.382. The Hall–Kier alpha value is -2.55. The maximum atomic E-state index is 4.84. The van der Waals surface area contributed by atoms with Crippen LogP contribution in [0.15, 0.2) is 23.0 Å². The molecule has 0 amide bonds. The van der Waals surface area contributed by atoms with E-state index >= 15 is 0 Å². The lowest BCUT2D eigenvalue weighted by molar-refractivity contribution is 0.194. The summed E-state index contributed by atoms with van der Waals surface area (Å²) in [5.74, 6) is 3.15. The third-order valence-electron chi connectivity index (χ3n) is 5.43. The van der Waals surface area contributed by atoms with Crippen LogP contribution >= 0.6 is 0 Å². The molecule has 0 aromatic carbocycles. The van der Waals surface area contributed by atoms with Gasteiger partial charge in [-0.05, 0) is 50.9 Å². The molecule has 0 atom stereocenters. The summed E-state index contributed by atoms with van der Waals surface area (Å²) in [4.78, 5) is 8.81. The van der Waals surface area contributed by atoms with Gasteiger partial charge in [-0.25, -0.2) is 0 Å². The Morgan fingerprint density at radius 2 is 1.88 bits per heavy atom. The molecule has 0 aliphatic carbocycles. The van der Waals surface area contributed by atoms with E-state index in [-0.39, 0.29) is 0 Å². The summed E-state index contributed by atoms with van der Waals surface area (Å²) in [6, 6.07) is 4.09. The number of nitrogens with zero attached hydrogens (tertiary/aromatic N) is 8. The summed E-state index contributed by atoms with van der Waals surface area (Å²) in [6.07, 6.45) is 5.94. The van der Waals surface area contributed by atoms with Crippen LogP contribution < -0.4 is 4.90 Å². The van der Waals surface area contributed by atoms with E-state index in [1.54, 1.807) is 0 Å². The average molecular weight is 354 g/mol. The molecule has 5 rings (SSSR count). The van der Waals surface area contributed by atoms with Crippen molar-refractivity contribution in [1.29, 1.82) is 0 Å². The zero-order valence-corrected chi connectivity index (χ0v) is 14.7. The van der Waals surface area contributed by atoms with Gasteiger partial charge in [-0.15, -0.1) is 15.3 Å². The fraction of sp³-hybridized carbons (Fsp3) is 0.588. The van der Waals surface area contributed by atoms with Crippen molar-refractivity contribution in [3.63, 3.8) is 0 Å². The first kappa shape index (κ1) is 15.7. The molecule has 0 spiro atoms. The maximum absolute atomic E-state index is 4.84. The first-order valence-corrected chi connectivity index (χ1v) is 9.32. The van der Waals surface area contributed by atoms with Crippen LogP contribution in [0.4, 0.5) is 5.82 Å². The van der Waals surface area contributed by atoms with Crippen LogP contribution in [-0.2, 0) is 6.54 Å². The van der Waals surface area contributed by atoms with Crippen molar-refractivity contribution in [2.24, 2.45) is 0 Å². The minimum Gasteiger partial charge on any atom is -0.355 e. The maximum Gasteiger partial charge on any atom is 0.213 e. The highest BCUT2D eigenvalue weighted by Crippen LogP contribution is 2.28. The van der Waals surface area contributed by atoms with E-state index in [1.165, 1.54) is 19.2 Å². The van der Waals surface area contributed by atoms with E-state index in [0.29, 0.717) is 5.92 Å². The molecule has 9 nitrogen and oxygen atoms in total. The van der Waals surface area contributed by atoms with Crippen molar-refractivity contribution >= 4 is 11.5 Å². The molecular formula is C17H22N8O. The molecule has 2 aliphatic heterocycles. The SMILES string of the molecule is c1nc(CN2CCC(c3nnc4ccc(N5CCCC5)nn34)CC2)no1. The zero-order valence-electron chi connectivity index (χ0n) is 14.7. The minimum atomic E-state index is 0.382.